The highest BCUT2D eigenvalue weighted by atomic mass is 16.5. The maximum Gasteiger partial charge on any atom is 0.185 e. The number of fused-ring (bicyclic) bond motifs is 1. The zero-order chi connectivity index (χ0) is 18.0. The van der Waals surface area contributed by atoms with E-state index in [0.29, 0.717) is 17.4 Å². The molecule has 5 nitrogen and oxygen atoms in total. The molecule has 0 unspecified atom stereocenters. The maximum atomic E-state index is 6.15. The standard InChI is InChI=1S/C20H23NO4/c1-12-16-11-15(22-3)7-8-17(16)21-13(2)25-20(12)14-6-9-18(23-4)19(10-14)24-5/h6-12,20H,1-5H3/t12-,20-/m0/s1. The van der Waals surface area contributed by atoms with Gasteiger partial charge in [0.05, 0.1) is 27.0 Å². The number of rotatable bonds is 4. The minimum atomic E-state index is -0.183. The molecule has 2 aromatic rings. The zero-order valence-corrected chi connectivity index (χ0v) is 15.2. The minimum absolute atomic E-state index is 0.0874. The maximum absolute atomic E-state index is 6.15. The Bertz CT molecular complexity index is 800. The first-order valence-electron chi connectivity index (χ1n) is 8.19. The lowest BCUT2D eigenvalue weighted by Crippen LogP contribution is -2.13. The van der Waals surface area contributed by atoms with Crippen LogP contribution in [0.3, 0.4) is 0 Å². The van der Waals surface area contributed by atoms with Crippen molar-refractivity contribution in [3.05, 3.63) is 47.5 Å². The molecule has 0 fully saturated rings. The van der Waals surface area contributed by atoms with Crippen LogP contribution in [0.1, 0.15) is 37.0 Å². The van der Waals surface area contributed by atoms with Gasteiger partial charge in [-0.25, -0.2) is 4.99 Å². The lowest BCUT2D eigenvalue weighted by atomic mass is 9.89. The third-order valence-electron chi connectivity index (χ3n) is 4.49. The molecule has 1 aliphatic rings. The van der Waals surface area contributed by atoms with Crippen molar-refractivity contribution in [1.82, 2.24) is 0 Å². The molecule has 132 valence electrons. The molecule has 3 rings (SSSR count). The van der Waals surface area contributed by atoms with Crippen molar-refractivity contribution in [2.24, 2.45) is 4.99 Å². The number of ether oxygens (including phenoxy) is 4. The summed E-state index contributed by atoms with van der Waals surface area (Å²) in [6.07, 6.45) is -0.183. The molecule has 0 amide bonds. The summed E-state index contributed by atoms with van der Waals surface area (Å²) in [5.41, 5.74) is 3.01. The van der Waals surface area contributed by atoms with Crippen LogP contribution < -0.4 is 14.2 Å². The summed E-state index contributed by atoms with van der Waals surface area (Å²) in [4.78, 5) is 4.60. The molecule has 0 aliphatic carbocycles. The second-order valence-electron chi connectivity index (χ2n) is 6.00. The van der Waals surface area contributed by atoms with Crippen LogP contribution in [0, 0.1) is 0 Å². The van der Waals surface area contributed by atoms with Gasteiger partial charge in [-0.15, -0.1) is 0 Å². The van der Waals surface area contributed by atoms with Crippen molar-refractivity contribution in [3.63, 3.8) is 0 Å². The average molecular weight is 341 g/mol. The summed E-state index contributed by atoms with van der Waals surface area (Å²) < 4.78 is 22.3. The molecule has 0 saturated carbocycles. The Hall–Kier alpha value is -2.69. The molecule has 0 N–H and O–H groups in total. The van der Waals surface area contributed by atoms with Crippen LogP contribution in [0.2, 0.25) is 0 Å². The Labute approximate surface area is 148 Å². The van der Waals surface area contributed by atoms with Crippen LogP contribution in [0.5, 0.6) is 17.2 Å². The van der Waals surface area contributed by atoms with E-state index in [2.05, 4.69) is 11.9 Å². The Morgan fingerprint density at radius 1 is 0.920 bits per heavy atom. The fourth-order valence-corrected chi connectivity index (χ4v) is 3.16. The van der Waals surface area contributed by atoms with Gasteiger partial charge in [0.1, 0.15) is 11.9 Å². The van der Waals surface area contributed by atoms with Gasteiger partial charge in [0.15, 0.2) is 17.4 Å². The number of hydrogen-bond acceptors (Lipinski definition) is 5. The van der Waals surface area contributed by atoms with E-state index in [1.807, 2.05) is 43.3 Å². The summed E-state index contributed by atoms with van der Waals surface area (Å²) in [6.45, 7) is 4.01. The van der Waals surface area contributed by atoms with Gasteiger partial charge in [-0.05, 0) is 41.5 Å². The lowest BCUT2D eigenvalue weighted by molar-refractivity contribution is 0.166. The zero-order valence-electron chi connectivity index (χ0n) is 15.2. The fourth-order valence-electron chi connectivity index (χ4n) is 3.16. The number of hydrogen-bond donors (Lipinski definition) is 0. The Balaban J connectivity index is 2.06. The van der Waals surface area contributed by atoms with Crippen molar-refractivity contribution >= 4 is 11.6 Å². The van der Waals surface area contributed by atoms with Crippen LogP contribution in [0.15, 0.2) is 41.4 Å². The van der Waals surface area contributed by atoms with Gasteiger partial charge in [0.25, 0.3) is 0 Å². The first-order chi connectivity index (χ1) is 12.1. The number of nitrogens with zero attached hydrogens (tertiary/aromatic N) is 1. The number of methoxy groups -OCH3 is 3. The smallest absolute Gasteiger partial charge is 0.185 e. The van der Waals surface area contributed by atoms with Gasteiger partial charge in [-0.1, -0.05) is 13.0 Å². The molecule has 1 aliphatic heterocycles. The topological polar surface area (TPSA) is 49.3 Å². The summed E-state index contributed by atoms with van der Waals surface area (Å²) in [6, 6.07) is 11.8. The highest BCUT2D eigenvalue weighted by Crippen LogP contribution is 2.43. The summed E-state index contributed by atoms with van der Waals surface area (Å²) in [5, 5.41) is 0. The Kier molecular flexibility index (Phi) is 4.83. The normalized spacial score (nSPS) is 19.2. The molecule has 25 heavy (non-hydrogen) atoms. The van der Waals surface area contributed by atoms with Gasteiger partial charge in [0.2, 0.25) is 0 Å². The Morgan fingerprint density at radius 2 is 1.68 bits per heavy atom. The molecular formula is C20H23NO4. The summed E-state index contributed by atoms with van der Waals surface area (Å²) in [5.74, 6) is 2.91. The predicted molar refractivity (Wildman–Crippen MR) is 97.6 cm³/mol. The van der Waals surface area contributed by atoms with E-state index in [0.717, 1.165) is 22.6 Å². The van der Waals surface area contributed by atoms with E-state index in [1.165, 1.54) is 0 Å². The minimum Gasteiger partial charge on any atom is -0.497 e. The quantitative estimate of drug-likeness (QED) is 0.813. The van der Waals surface area contributed by atoms with E-state index < -0.39 is 0 Å². The second-order valence-corrected chi connectivity index (χ2v) is 6.00. The molecule has 0 bridgehead atoms. The van der Waals surface area contributed by atoms with Crippen molar-refractivity contribution in [3.8, 4) is 17.2 Å². The molecular weight excluding hydrogens is 318 g/mol. The number of benzene rings is 2. The average Bonchev–Trinajstić information content (AvgIpc) is 2.77. The van der Waals surface area contributed by atoms with E-state index in [9.17, 15) is 0 Å². The molecule has 0 spiro atoms. The molecule has 2 atom stereocenters. The largest absolute Gasteiger partial charge is 0.497 e. The van der Waals surface area contributed by atoms with Gasteiger partial charge in [-0.3, -0.25) is 0 Å². The monoisotopic (exact) mass is 341 g/mol. The number of aliphatic imine (C=N–C) groups is 1. The SMILES string of the molecule is COc1ccc2c(c1)[C@H](C)[C@@H](c1ccc(OC)c(OC)c1)OC(C)=N2. The van der Waals surface area contributed by atoms with Crippen molar-refractivity contribution < 1.29 is 18.9 Å². The Morgan fingerprint density at radius 3 is 2.36 bits per heavy atom. The van der Waals surface area contributed by atoms with Crippen LogP contribution in [0.4, 0.5) is 5.69 Å². The predicted octanol–water partition coefficient (Wildman–Crippen LogP) is 4.64. The molecule has 2 aromatic carbocycles. The third-order valence-corrected chi connectivity index (χ3v) is 4.49. The summed E-state index contributed by atoms with van der Waals surface area (Å²) in [7, 11) is 4.92. The van der Waals surface area contributed by atoms with E-state index >= 15 is 0 Å². The van der Waals surface area contributed by atoms with Crippen molar-refractivity contribution in [2.45, 2.75) is 25.9 Å². The van der Waals surface area contributed by atoms with E-state index in [-0.39, 0.29) is 12.0 Å². The molecule has 0 radical (unpaired) electrons. The van der Waals surface area contributed by atoms with Crippen LogP contribution >= 0.6 is 0 Å². The van der Waals surface area contributed by atoms with E-state index in [4.69, 9.17) is 18.9 Å². The van der Waals surface area contributed by atoms with Crippen LogP contribution in [-0.2, 0) is 4.74 Å². The van der Waals surface area contributed by atoms with Gasteiger partial charge in [-0.2, -0.15) is 0 Å². The molecule has 0 aromatic heterocycles. The summed E-state index contributed by atoms with van der Waals surface area (Å²) >= 11 is 0. The first-order valence-corrected chi connectivity index (χ1v) is 8.19. The van der Waals surface area contributed by atoms with Gasteiger partial charge in [0, 0.05) is 12.8 Å². The highest BCUT2D eigenvalue weighted by Gasteiger charge is 2.29. The van der Waals surface area contributed by atoms with Crippen LogP contribution in [0.25, 0.3) is 0 Å². The van der Waals surface area contributed by atoms with Crippen molar-refractivity contribution in [1.29, 1.82) is 0 Å². The fraction of sp³-hybridized carbons (Fsp3) is 0.350. The first kappa shape index (κ1) is 17.1. The van der Waals surface area contributed by atoms with Crippen LogP contribution in [-0.4, -0.2) is 27.2 Å². The molecule has 0 saturated heterocycles. The molecule has 1 heterocycles. The molecule has 5 heteroatoms. The van der Waals surface area contributed by atoms with Gasteiger partial charge >= 0.3 is 0 Å². The van der Waals surface area contributed by atoms with Crippen molar-refractivity contribution in [2.75, 3.05) is 21.3 Å². The lowest BCUT2D eigenvalue weighted by Gasteiger charge is -2.24. The van der Waals surface area contributed by atoms with E-state index in [1.54, 1.807) is 21.3 Å². The second kappa shape index (κ2) is 7.05. The van der Waals surface area contributed by atoms with Gasteiger partial charge < -0.3 is 18.9 Å². The third kappa shape index (κ3) is 3.27. The highest BCUT2D eigenvalue weighted by molar-refractivity contribution is 5.79.